The van der Waals surface area contributed by atoms with Gasteiger partial charge in [-0.25, -0.2) is 0 Å². The largest absolute Gasteiger partial charge is 0.495 e. The second kappa shape index (κ2) is 4.97. The lowest BCUT2D eigenvalue weighted by Crippen LogP contribution is -2.13. The smallest absolute Gasteiger partial charge is 0.261 e. The molecule has 0 aliphatic carbocycles. The molecule has 1 aromatic heterocycles. The summed E-state index contributed by atoms with van der Waals surface area (Å²) in [5.41, 5.74) is 6.29. The number of nitrogens with zero attached hydrogens (tertiary/aromatic N) is 1. The molecule has 0 unspecified atom stereocenters. The number of benzene rings is 1. The van der Waals surface area contributed by atoms with Gasteiger partial charge in [-0.2, -0.15) is 5.10 Å². The van der Waals surface area contributed by atoms with Crippen LogP contribution in [0.4, 0.5) is 11.5 Å². The summed E-state index contributed by atoms with van der Waals surface area (Å²) in [4.78, 5) is 11.9. The van der Waals surface area contributed by atoms with Crippen LogP contribution < -0.4 is 15.8 Å². The molecule has 1 aromatic carbocycles. The molecule has 0 bridgehead atoms. The maximum Gasteiger partial charge on any atom is 0.261 e. The Morgan fingerprint density at radius 2 is 2.33 bits per heavy atom. The molecule has 2 rings (SSSR count). The number of halogens is 1. The molecule has 0 fully saturated rings. The van der Waals surface area contributed by atoms with Gasteiger partial charge in [0.2, 0.25) is 0 Å². The van der Waals surface area contributed by atoms with Crippen molar-refractivity contribution in [1.29, 1.82) is 0 Å². The number of ether oxygens (including phenoxy) is 1. The zero-order chi connectivity index (χ0) is 13.1. The summed E-state index contributed by atoms with van der Waals surface area (Å²) in [5.74, 6) is 0.324. The fraction of sp³-hybridized carbons (Fsp3) is 0.0909. The minimum atomic E-state index is -0.387. The Balaban J connectivity index is 2.27. The number of methoxy groups -OCH3 is 1. The van der Waals surface area contributed by atoms with Gasteiger partial charge in [0.05, 0.1) is 19.0 Å². The molecule has 2 aromatic rings. The Morgan fingerprint density at radius 3 is 2.94 bits per heavy atom. The quantitative estimate of drug-likeness (QED) is 0.791. The summed E-state index contributed by atoms with van der Waals surface area (Å²) in [6.45, 7) is 0. The summed E-state index contributed by atoms with van der Waals surface area (Å²) >= 11 is 5.86. The van der Waals surface area contributed by atoms with Crippen LogP contribution >= 0.6 is 11.6 Å². The van der Waals surface area contributed by atoms with Crippen LogP contribution in [-0.4, -0.2) is 23.2 Å². The lowest BCUT2D eigenvalue weighted by Gasteiger charge is -2.09. The van der Waals surface area contributed by atoms with Crippen LogP contribution in [-0.2, 0) is 0 Å². The van der Waals surface area contributed by atoms with Crippen molar-refractivity contribution in [1.82, 2.24) is 10.2 Å². The zero-order valence-corrected chi connectivity index (χ0v) is 10.3. The van der Waals surface area contributed by atoms with E-state index < -0.39 is 0 Å². The molecule has 0 saturated heterocycles. The van der Waals surface area contributed by atoms with Crippen LogP contribution in [0.1, 0.15) is 10.4 Å². The molecule has 0 aliphatic rings. The third kappa shape index (κ3) is 2.38. The molecule has 4 N–H and O–H groups in total. The van der Waals surface area contributed by atoms with Crippen LogP contribution in [0.2, 0.25) is 5.02 Å². The van der Waals surface area contributed by atoms with Crippen molar-refractivity contribution in [2.75, 3.05) is 18.2 Å². The van der Waals surface area contributed by atoms with Crippen LogP contribution in [0.25, 0.3) is 0 Å². The van der Waals surface area contributed by atoms with Gasteiger partial charge in [0, 0.05) is 5.02 Å². The van der Waals surface area contributed by atoms with Crippen LogP contribution in [0.15, 0.2) is 24.4 Å². The van der Waals surface area contributed by atoms with Gasteiger partial charge in [0.1, 0.15) is 17.1 Å². The molecular weight excluding hydrogens is 256 g/mol. The predicted molar refractivity (Wildman–Crippen MR) is 69.0 cm³/mol. The standard InChI is InChI=1S/C11H11ClN4O2/c1-18-9-3-2-6(12)4-8(9)15-11(17)7-5-14-16-10(7)13/h2-5H,1H3,(H,15,17)(H3,13,14,16). The van der Waals surface area contributed by atoms with Crippen molar-refractivity contribution in [3.63, 3.8) is 0 Å². The minimum Gasteiger partial charge on any atom is -0.495 e. The molecule has 94 valence electrons. The van der Waals surface area contributed by atoms with E-state index in [-0.39, 0.29) is 17.3 Å². The highest BCUT2D eigenvalue weighted by atomic mass is 35.5. The number of nitrogen functional groups attached to an aromatic ring is 1. The van der Waals surface area contributed by atoms with E-state index in [1.807, 2.05) is 0 Å². The molecule has 0 aliphatic heterocycles. The molecule has 1 amide bonds. The molecular formula is C11H11ClN4O2. The topological polar surface area (TPSA) is 93.0 Å². The van der Waals surface area contributed by atoms with Gasteiger partial charge in [0.15, 0.2) is 0 Å². The highest BCUT2D eigenvalue weighted by Gasteiger charge is 2.14. The molecule has 0 spiro atoms. The summed E-state index contributed by atoms with van der Waals surface area (Å²) in [7, 11) is 1.51. The van der Waals surface area contributed by atoms with Crippen molar-refractivity contribution in [3.8, 4) is 5.75 Å². The van der Waals surface area contributed by atoms with E-state index in [1.165, 1.54) is 13.3 Å². The number of carbonyl (C=O) groups is 1. The van der Waals surface area contributed by atoms with Crippen molar-refractivity contribution in [2.45, 2.75) is 0 Å². The number of amides is 1. The predicted octanol–water partition coefficient (Wildman–Crippen LogP) is 1.91. The summed E-state index contributed by atoms with van der Waals surface area (Å²) in [5, 5.41) is 9.31. The Labute approximate surface area is 108 Å². The summed E-state index contributed by atoms with van der Waals surface area (Å²) in [6.07, 6.45) is 1.35. The number of nitrogens with one attached hydrogen (secondary N) is 2. The lowest BCUT2D eigenvalue weighted by molar-refractivity contribution is 0.102. The second-order valence-corrected chi connectivity index (χ2v) is 3.93. The van der Waals surface area contributed by atoms with E-state index in [0.717, 1.165) is 0 Å². The monoisotopic (exact) mass is 266 g/mol. The van der Waals surface area contributed by atoms with Gasteiger partial charge < -0.3 is 15.8 Å². The molecule has 6 nitrogen and oxygen atoms in total. The van der Waals surface area contributed by atoms with Crippen molar-refractivity contribution in [2.24, 2.45) is 0 Å². The van der Waals surface area contributed by atoms with Crippen LogP contribution in [0.3, 0.4) is 0 Å². The number of carbonyl (C=O) groups excluding carboxylic acids is 1. The van der Waals surface area contributed by atoms with Gasteiger partial charge in [0.25, 0.3) is 5.91 Å². The number of aromatic nitrogens is 2. The van der Waals surface area contributed by atoms with Gasteiger partial charge in [-0.15, -0.1) is 0 Å². The number of rotatable bonds is 3. The molecule has 1 heterocycles. The SMILES string of the molecule is COc1ccc(Cl)cc1NC(=O)c1cn[nH]c1N. The fourth-order valence-corrected chi connectivity index (χ4v) is 1.62. The molecule has 0 saturated carbocycles. The van der Waals surface area contributed by atoms with Crippen molar-refractivity contribution < 1.29 is 9.53 Å². The molecule has 0 atom stereocenters. The van der Waals surface area contributed by atoms with E-state index in [4.69, 9.17) is 22.1 Å². The third-order valence-electron chi connectivity index (χ3n) is 2.32. The molecule has 18 heavy (non-hydrogen) atoms. The second-order valence-electron chi connectivity index (χ2n) is 3.50. The summed E-state index contributed by atoms with van der Waals surface area (Å²) < 4.78 is 5.12. The first kappa shape index (κ1) is 12.3. The maximum absolute atomic E-state index is 11.9. The maximum atomic E-state index is 11.9. The van der Waals surface area contributed by atoms with Gasteiger partial charge in [-0.05, 0) is 18.2 Å². The van der Waals surface area contributed by atoms with Gasteiger partial charge in [-0.1, -0.05) is 11.6 Å². The first-order valence-corrected chi connectivity index (χ1v) is 5.43. The highest BCUT2D eigenvalue weighted by molar-refractivity contribution is 6.31. The third-order valence-corrected chi connectivity index (χ3v) is 2.56. The van der Waals surface area contributed by atoms with E-state index in [0.29, 0.717) is 16.5 Å². The van der Waals surface area contributed by atoms with E-state index in [2.05, 4.69) is 15.5 Å². The average Bonchev–Trinajstić information content (AvgIpc) is 2.76. The fourth-order valence-electron chi connectivity index (χ4n) is 1.44. The Hall–Kier alpha value is -2.21. The minimum absolute atomic E-state index is 0.202. The van der Waals surface area contributed by atoms with Gasteiger partial charge >= 0.3 is 0 Å². The first-order chi connectivity index (χ1) is 8.61. The number of aromatic amines is 1. The van der Waals surface area contributed by atoms with Crippen LogP contribution in [0.5, 0.6) is 5.75 Å². The normalized spacial score (nSPS) is 10.1. The first-order valence-electron chi connectivity index (χ1n) is 5.05. The van der Waals surface area contributed by atoms with E-state index in [1.54, 1.807) is 18.2 Å². The molecule has 7 heteroatoms. The number of hydrogen-bond donors (Lipinski definition) is 3. The highest BCUT2D eigenvalue weighted by Crippen LogP contribution is 2.28. The van der Waals surface area contributed by atoms with E-state index >= 15 is 0 Å². The van der Waals surface area contributed by atoms with Gasteiger partial charge in [-0.3, -0.25) is 9.89 Å². The Morgan fingerprint density at radius 1 is 1.56 bits per heavy atom. The van der Waals surface area contributed by atoms with E-state index in [9.17, 15) is 4.79 Å². The number of nitrogens with two attached hydrogens (primary N) is 1. The average molecular weight is 267 g/mol. The number of hydrogen-bond acceptors (Lipinski definition) is 4. The zero-order valence-electron chi connectivity index (χ0n) is 9.53. The number of H-pyrrole nitrogens is 1. The van der Waals surface area contributed by atoms with Crippen molar-refractivity contribution in [3.05, 3.63) is 35.0 Å². The van der Waals surface area contributed by atoms with Crippen molar-refractivity contribution >= 4 is 29.0 Å². The Bertz CT molecular complexity index is 582. The van der Waals surface area contributed by atoms with Crippen LogP contribution in [0, 0.1) is 0 Å². The Kier molecular flexibility index (Phi) is 3.38. The lowest BCUT2D eigenvalue weighted by atomic mass is 10.2. The number of anilines is 2. The summed E-state index contributed by atoms with van der Waals surface area (Å²) in [6, 6.07) is 4.92. The molecule has 0 radical (unpaired) electrons.